The molecule has 2 aromatic rings. The Labute approximate surface area is 171 Å². The monoisotopic (exact) mass is 398 g/mol. The fraction of sp³-hybridized carbons (Fsp3) is 0.391. The molecule has 0 spiro atoms. The number of ether oxygens (including phenoxy) is 2. The number of benzene rings is 1. The molecular weight excluding hydrogens is 371 g/mol. The summed E-state index contributed by atoms with van der Waals surface area (Å²) in [6, 6.07) is 10.6. The van der Waals surface area contributed by atoms with Crippen LogP contribution in [0.3, 0.4) is 0 Å². The molecule has 29 heavy (non-hydrogen) atoms. The Bertz CT molecular complexity index is 919. The molecule has 0 radical (unpaired) electrons. The summed E-state index contributed by atoms with van der Waals surface area (Å²) in [4.78, 5) is 18.4. The van der Waals surface area contributed by atoms with Gasteiger partial charge in [-0.3, -0.25) is 0 Å². The molecule has 2 heterocycles. The number of amides is 1. The van der Waals surface area contributed by atoms with Crippen LogP contribution in [-0.2, 0) is 11.3 Å². The van der Waals surface area contributed by atoms with Crippen molar-refractivity contribution in [3.8, 4) is 5.88 Å². The second kappa shape index (κ2) is 8.64. The predicted molar refractivity (Wildman–Crippen MR) is 110 cm³/mol. The molecule has 6 heteroatoms. The van der Waals surface area contributed by atoms with Crippen LogP contribution in [0.1, 0.15) is 44.0 Å². The van der Waals surface area contributed by atoms with Crippen LogP contribution in [-0.4, -0.2) is 34.7 Å². The minimum atomic E-state index is -0.509. The van der Waals surface area contributed by atoms with E-state index in [0.29, 0.717) is 31.0 Å². The Hall–Kier alpha value is -2.89. The third-order valence-corrected chi connectivity index (χ3v) is 4.50. The van der Waals surface area contributed by atoms with Crippen LogP contribution < -0.4 is 4.74 Å². The first-order valence-corrected chi connectivity index (χ1v) is 9.73. The first kappa shape index (κ1) is 20.8. The Morgan fingerprint density at radius 2 is 2.03 bits per heavy atom. The normalized spacial score (nSPS) is 14.4. The van der Waals surface area contributed by atoms with E-state index in [1.165, 1.54) is 6.07 Å². The van der Waals surface area contributed by atoms with Gasteiger partial charge in [0, 0.05) is 24.7 Å². The van der Waals surface area contributed by atoms with Gasteiger partial charge in [-0.05, 0) is 57.4 Å². The summed E-state index contributed by atoms with van der Waals surface area (Å²) in [5, 5.41) is 0. The molecule has 5 nitrogen and oxygen atoms in total. The lowest BCUT2D eigenvalue weighted by atomic mass is 10.0. The van der Waals surface area contributed by atoms with Gasteiger partial charge in [0.2, 0.25) is 5.88 Å². The van der Waals surface area contributed by atoms with Crippen molar-refractivity contribution in [2.45, 2.75) is 46.3 Å². The molecule has 0 saturated carbocycles. The lowest BCUT2D eigenvalue weighted by Crippen LogP contribution is -2.39. The Balaban J connectivity index is 1.63. The molecule has 1 aliphatic rings. The van der Waals surface area contributed by atoms with Gasteiger partial charge in [0.15, 0.2) is 0 Å². The van der Waals surface area contributed by atoms with Crippen molar-refractivity contribution < 1.29 is 18.7 Å². The molecule has 0 atom stereocenters. The summed E-state index contributed by atoms with van der Waals surface area (Å²) < 4.78 is 25.1. The Morgan fingerprint density at radius 3 is 2.69 bits per heavy atom. The zero-order valence-corrected chi connectivity index (χ0v) is 17.4. The second-order valence-corrected chi connectivity index (χ2v) is 8.15. The zero-order valence-electron chi connectivity index (χ0n) is 17.4. The van der Waals surface area contributed by atoms with Crippen molar-refractivity contribution in [1.82, 2.24) is 9.88 Å². The molecule has 1 aromatic carbocycles. The lowest BCUT2D eigenvalue weighted by molar-refractivity contribution is 0.0270. The third-order valence-electron chi connectivity index (χ3n) is 4.50. The van der Waals surface area contributed by atoms with Gasteiger partial charge in [-0.15, -0.1) is 0 Å². The smallest absolute Gasteiger partial charge is 0.410 e. The number of rotatable bonds is 4. The fourth-order valence-corrected chi connectivity index (χ4v) is 2.99. The van der Waals surface area contributed by atoms with Crippen molar-refractivity contribution in [3.63, 3.8) is 0 Å². The fourth-order valence-electron chi connectivity index (χ4n) is 2.99. The molecule has 0 fully saturated rings. The maximum absolute atomic E-state index is 14.0. The first-order valence-electron chi connectivity index (χ1n) is 9.73. The predicted octanol–water partition coefficient (Wildman–Crippen LogP) is 5.13. The van der Waals surface area contributed by atoms with Gasteiger partial charge in [-0.2, -0.15) is 0 Å². The molecule has 0 aliphatic carbocycles. The minimum absolute atomic E-state index is 0.119. The number of hydrogen-bond acceptors (Lipinski definition) is 4. The first-order chi connectivity index (χ1) is 13.7. The maximum atomic E-state index is 14.0. The van der Waals surface area contributed by atoms with E-state index < -0.39 is 5.60 Å². The van der Waals surface area contributed by atoms with E-state index in [1.54, 1.807) is 17.0 Å². The number of halogens is 1. The summed E-state index contributed by atoms with van der Waals surface area (Å²) in [5.74, 6) is 0.163. The van der Waals surface area contributed by atoms with E-state index in [-0.39, 0.29) is 18.5 Å². The van der Waals surface area contributed by atoms with Crippen LogP contribution in [0, 0.1) is 12.7 Å². The number of pyridine rings is 1. The summed E-state index contributed by atoms with van der Waals surface area (Å²) in [6.45, 7) is 8.58. The highest BCUT2D eigenvalue weighted by atomic mass is 19.1. The average Bonchev–Trinajstić information content (AvgIpc) is 2.66. The highest BCUT2D eigenvalue weighted by molar-refractivity contribution is 5.72. The van der Waals surface area contributed by atoms with Gasteiger partial charge in [0.05, 0.1) is 5.69 Å². The van der Waals surface area contributed by atoms with Crippen LogP contribution in [0.5, 0.6) is 5.88 Å². The molecule has 1 amide bonds. The number of aromatic nitrogens is 1. The van der Waals surface area contributed by atoms with Gasteiger partial charge < -0.3 is 14.4 Å². The number of aryl methyl sites for hydroxylation is 1. The molecule has 1 aromatic heterocycles. The molecule has 0 bridgehead atoms. The summed E-state index contributed by atoms with van der Waals surface area (Å²) in [7, 11) is 0. The number of hydrogen-bond donors (Lipinski definition) is 0. The van der Waals surface area contributed by atoms with Crippen molar-refractivity contribution in [2.24, 2.45) is 0 Å². The SMILES string of the molecule is Cc1ccc(COc2cccc(C3=CCN(C(=O)OC(C)(C)C)CC3)n2)c(F)c1. The lowest BCUT2D eigenvalue weighted by Gasteiger charge is -2.29. The summed E-state index contributed by atoms with van der Waals surface area (Å²) in [5.41, 5.74) is 2.71. The van der Waals surface area contributed by atoms with E-state index in [0.717, 1.165) is 16.8 Å². The molecule has 1 aliphatic heterocycles. The van der Waals surface area contributed by atoms with Crippen LogP contribution in [0.4, 0.5) is 9.18 Å². The highest BCUT2D eigenvalue weighted by Crippen LogP contribution is 2.24. The zero-order chi connectivity index (χ0) is 21.0. The van der Waals surface area contributed by atoms with Crippen LogP contribution in [0.2, 0.25) is 0 Å². The van der Waals surface area contributed by atoms with Gasteiger partial charge >= 0.3 is 6.09 Å². The van der Waals surface area contributed by atoms with E-state index >= 15 is 0 Å². The quantitative estimate of drug-likeness (QED) is 0.716. The van der Waals surface area contributed by atoms with Gasteiger partial charge in [-0.25, -0.2) is 14.2 Å². The summed E-state index contributed by atoms with van der Waals surface area (Å²) in [6.07, 6.45) is 2.36. The van der Waals surface area contributed by atoms with E-state index in [2.05, 4.69) is 4.98 Å². The van der Waals surface area contributed by atoms with Crippen LogP contribution >= 0.6 is 0 Å². The van der Waals surface area contributed by atoms with E-state index in [9.17, 15) is 9.18 Å². The van der Waals surface area contributed by atoms with Crippen molar-refractivity contribution >= 4 is 11.7 Å². The molecule has 0 unspecified atom stereocenters. The van der Waals surface area contributed by atoms with Crippen molar-refractivity contribution in [3.05, 3.63) is 65.1 Å². The molecule has 3 rings (SSSR count). The summed E-state index contributed by atoms with van der Waals surface area (Å²) >= 11 is 0. The Kier molecular flexibility index (Phi) is 6.20. The topological polar surface area (TPSA) is 51.7 Å². The Morgan fingerprint density at radius 1 is 1.24 bits per heavy atom. The largest absolute Gasteiger partial charge is 0.473 e. The number of nitrogens with zero attached hydrogens (tertiary/aromatic N) is 2. The third kappa shape index (κ3) is 5.79. The van der Waals surface area contributed by atoms with E-state index in [4.69, 9.17) is 9.47 Å². The van der Waals surface area contributed by atoms with Crippen LogP contribution in [0.25, 0.3) is 5.57 Å². The van der Waals surface area contributed by atoms with Gasteiger partial charge in [0.1, 0.15) is 18.0 Å². The van der Waals surface area contributed by atoms with Crippen molar-refractivity contribution in [2.75, 3.05) is 13.1 Å². The standard InChI is InChI=1S/C23H27FN2O3/c1-16-8-9-18(19(24)14-16)15-28-21-7-5-6-20(25-21)17-10-12-26(13-11-17)22(27)29-23(2,3)4/h5-10,14H,11-13,15H2,1-4H3. The number of carbonyl (C=O) groups is 1. The molecule has 154 valence electrons. The van der Waals surface area contributed by atoms with Crippen LogP contribution in [0.15, 0.2) is 42.5 Å². The molecular formula is C23H27FN2O3. The van der Waals surface area contributed by atoms with Crippen molar-refractivity contribution in [1.29, 1.82) is 0 Å². The molecule has 0 N–H and O–H groups in total. The second-order valence-electron chi connectivity index (χ2n) is 8.15. The van der Waals surface area contributed by atoms with E-state index in [1.807, 2.05) is 52.0 Å². The minimum Gasteiger partial charge on any atom is -0.473 e. The average molecular weight is 398 g/mol. The highest BCUT2D eigenvalue weighted by Gasteiger charge is 2.24. The molecule has 0 saturated heterocycles. The number of carbonyl (C=O) groups excluding carboxylic acids is 1. The van der Waals surface area contributed by atoms with Gasteiger partial charge in [-0.1, -0.05) is 24.3 Å². The van der Waals surface area contributed by atoms with Gasteiger partial charge in [0.25, 0.3) is 0 Å². The maximum Gasteiger partial charge on any atom is 0.410 e.